The van der Waals surface area contributed by atoms with Gasteiger partial charge < -0.3 is 4.90 Å². The van der Waals surface area contributed by atoms with Crippen LogP contribution in [0.15, 0.2) is 23.8 Å². The highest BCUT2D eigenvalue weighted by atomic mass is 32.1. The molecule has 1 saturated heterocycles. The van der Waals surface area contributed by atoms with E-state index in [0.717, 1.165) is 24.5 Å². The van der Waals surface area contributed by atoms with Crippen LogP contribution >= 0.6 is 12.2 Å². The van der Waals surface area contributed by atoms with Crippen molar-refractivity contribution in [3.8, 4) is 0 Å². The third-order valence-electron chi connectivity index (χ3n) is 2.60. The van der Waals surface area contributed by atoms with Gasteiger partial charge in [0.05, 0.1) is 0 Å². The molecule has 1 heterocycles. The summed E-state index contributed by atoms with van der Waals surface area (Å²) in [7, 11) is 0. The summed E-state index contributed by atoms with van der Waals surface area (Å²) in [4.78, 5) is 3.36. The predicted molar refractivity (Wildman–Crippen MR) is 66.6 cm³/mol. The number of hydrogen-bond donors (Lipinski definition) is 0. The van der Waals surface area contributed by atoms with Crippen LogP contribution in [-0.2, 0) is 0 Å². The first kappa shape index (κ1) is 11.4. The van der Waals surface area contributed by atoms with Gasteiger partial charge in [0.15, 0.2) is 0 Å². The second-order valence-corrected chi connectivity index (χ2v) is 4.36. The minimum Gasteiger partial charge on any atom is -0.363 e. The predicted octanol–water partition coefficient (Wildman–Crippen LogP) is 3.32. The zero-order valence-electron chi connectivity index (χ0n) is 9.18. The monoisotopic (exact) mass is 209 g/mol. The Morgan fingerprint density at radius 2 is 1.93 bits per heavy atom. The van der Waals surface area contributed by atoms with Crippen molar-refractivity contribution in [3.05, 3.63) is 23.8 Å². The second kappa shape index (κ2) is 5.30. The van der Waals surface area contributed by atoms with E-state index in [1.165, 1.54) is 24.0 Å². The van der Waals surface area contributed by atoms with Crippen molar-refractivity contribution in [1.82, 2.24) is 4.90 Å². The largest absolute Gasteiger partial charge is 0.363 e. The van der Waals surface area contributed by atoms with Gasteiger partial charge in [-0.2, -0.15) is 0 Å². The van der Waals surface area contributed by atoms with Gasteiger partial charge in [0.1, 0.15) is 4.99 Å². The van der Waals surface area contributed by atoms with Gasteiger partial charge in [-0.3, -0.25) is 0 Å². The van der Waals surface area contributed by atoms with Gasteiger partial charge in [-0.15, -0.1) is 6.58 Å². The lowest BCUT2D eigenvalue weighted by atomic mass is 10.1. The van der Waals surface area contributed by atoms with Gasteiger partial charge >= 0.3 is 0 Å². The summed E-state index contributed by atoms with van der Waals surface area (Å²) in [6, 6.07) is 0. The van der Waals surface area contributed by atoms with Crippen molar-refractivity contribution in [2.45, 2.75) is 33.1 Å². The molecule has 0 aliphatic carbocycles. The Labute approximate surface area is 92.5 Å². The molecule has 78 valence electrons. The summed E-state index contributed by atoms with van der Waals surface area (Å²) in [6.07, 6.45) is 5.40. The van der Waals surface area contributed by atoms with Crippen molar-refractivity contribution in [3.63, 3.8) is 0 Å². The molecular formula is C12H19NS. The smallest absolute Gasteiger partial charge is 0.105 e. The topological polar surface area (TPSA) is 3.24 Å². The Balaban J connectivity index is 2.73. The first-order valence-corrected chi connectivity index (χ1v) is 5.64. The molecule has 1 aliphatic rings. The molecule has 0 N–H and O–H groups in total. The van der Waals surface area contributed by atoms with Crippen LogP contribution in [0.2, 0.25) is 0 Å². The average molecular weight is 209 g/mol. The molecule has 0 amide bonds. The molecule has 14 heavy (non-hydrogen) atoms. The van der Waals surface area contributed by atoms with E-state index in [1.807, 2.05) is 6.08 Å². The Kier molecular flexibility index (Phi) is 4.33. The van der Waals surface area contributed by atoms with Gasteiger partial charge in [0.25, 0.3) is 0 Å². The Bertz CT molecular complexity index is 255. The molecule has 1 nitrogen and oxygen atoms in total. The number of likely N-dealkylation sites (tertiary alicyclic amines) is 1. The van der Waals surface area contributed by atoms with Crippen LogP contribution in [0.3, 0.4) is 0 Å². The zero-order valence-corrected chi connectivity index (χ0v) is 9.99. The Morgan fingerprint density at radius 1 is 1.36 bits per heavy atom. The quantitative estimate of drug-likeness (QED) is 0.398. The van der Waals surface area contributed by atoms with Gasteiger partial charge in [0.2, 0.25) is 0 Å². The number of thiocarbonyl (C=S) groups is 1. The lowest BCUT2D eigenvalue weighted by Gasteiger charge is -2.21. The van der Waals surface area contributed by atoms with Gasteiger partial charge in [-0.05, 0) is 38.7 Å². The van der Waals surface area contributed by atoms with Crippen molar-refractivity contribution >= 4 is 17.2 Å². The average Bonchev–Trinajstić information content (AvgIpc) is 2.65. The van der Waals surface area contributed by atoms with Crippen LogP contribution in [0.25, 0.3) is 0 Å². The maximum absolute atomic E-state index is 5.50. The Hall–Kier alpha value is -0.630. The molecule has 0 radical (unpaired) electrons. The molecule has 0 bridgehead atoms. The van der Waals surface area contributed by atoms with Crippen LogP contribution in [0.4, 0.5) is 0 Å². The van der Waals surface area contributed by atoms with E-state index in [1.54, 1.807) is 0 Å². The van der Waals surface area contributed by atoms with E-state index in [-0.39, 0.29) is 0 Å². The fraction of sp³-hybridized carbons (Fsp3) is 0.583. The first-order valence-electron chi connectivity index (χ1n) is 5.23. The maximum atomic E-state index is 5.50. The molecule has 0 saturated carbocycles. The minimum atomic E-state index is 0.900. The minimum absolute atomic E-state index is 0.900. The Morgan fingerprint density at radius 3 is 2.36 bits per heavy atom. The lowest BCUT2D eigenvalue weighted by Crippen LogP contribution is -2.27. The molecule has 0 unspecified atom stereocenters. The van der Waals surface area contributed by atoms with Crippen molar-refractivity contribution < 1.29 is 0 Å². The highest BCUT2D eigenvalue weighted by Gasteiger charge is 2.17. The number of hydrogen-bond acceptors (Lipinski definition) is 1. The molecule has 1 aliphatic heterocycles. The van der Waals surface area contributed by atoms with Crippen molar-refractivity contribution in [2.75, 3.05) is 13.1 Å². The normalized spacial score (nSPS) is 15.4. The van der Waals surface area contributed by atoms with Crippen molar-refractivity contribution in [2.24, 2.45) is 0 Å². The summed E-state index contributed by atoms with van der Waals surface area (Å²) in [5, 5.41) is 0. The molecule has 0 aromatic carbocycles. The summed E-state index contributed by atoms with van der Waals surface area (Å²) in [5.41, 5.74) is 2.61. The molecular weight excluding hydrogens is 190 g/mol. The first-order chi connectivity index (χ1) is 6.66. The van der Waals surface area contributed by atoms with E-state index in [2.05, 4.69) is 25.3 Å². The summed E-state index contributed by atoms with van der Waals surface area (Å²) in [5.74, 6) is 0. The van der Waals surface area contributed by atoms with Gasteiger partial charge in [0, 0.05) is 13.1 Å². The lowest BCUT2D eigenvalue weighted by molar-refractivity contribution is 0.528. The summed E-state index contributed by atoms with van der Waals surface area (Å²) in [6.45, 7) is 10.3. The van der Waals surface area contributed by atoms with E-state index >= 15 is 0 Å². The molecule has 0 aromatic rings. The van der Waals surface area contributed by atoms with Crippen LogP contribution in [-0.4, -0.2) is 23.0 Å². The van der Waals surface area contributed by atoms with E-state index in [4.69, 9.17) is 12.2 Å². The SMILES string of the molecule is C=CCC(C(=S)N1CCCC1)=C(C)C. The van der Waals surface area contributed by atoms with E-state index in [9.17, 15) is 0 Å². The zero-order chi connectivity index (χ0) is 10.6. The fourth-order valence-electron chi connectivity index (χ4n) is 1.76. The van der Waals surface area contributed by atoms with Crippen LogP contribution < -0.4 is 0 Å². The van der Waals surface area contributed by atoms with Gasteiger partial charge in [-0.1, -0.05) is 23.9 Å². The summed E-state index contributed by atoms with van der Waals surface area (Å²) >= 11 is 5.50. The number of rotatable bonds is 3. The van der Waals surface area contributed by atoms with E-state index in [0.29, 0.717) is 0 Å². The summed E-state index contributed by atoms with van der Waals surface area (Å²) < 4.78 is 0. The standard InChI is InChI=1S/C12H19NS/c1-4-7-11(10(2)3)12(14)13-8-5-6-9-13/h4H,1,5-9H2,2-3H3. The molecule has 2 heteroatoms. The number of nitrogens with zero attached hydrogens (tertiary/aromatic N) is 1. The molecule has 0 atom stereocenters. The van der Waals surface area contributed by atoms with E-state index < -0.39 is 0 Å². The van der Waals surface area contributed by atoms with Crippen molar-refractivity contribution in [1.29, 1.82) is 0 Å². The highest BCUT2D eigenvalue weighted by Crippen LogP contribution is 2.18. The van der Waals surface area contributed by atoms with Crippen LogP contribution in [0.1, 0.15) is 33.1 Å². The molecule has 1 rings (SSSR count). The maximum Gasteiger partial charge on any atom is 0.105 e. The molecule has 0 aromatic heterocycles. The highest BCUT2D eigenvalue weighted by molar-refractivity contribution is 7.80. The van der Waals surface area contributed by atoms with Gasteiger partial charge in [-0.25, -0.2) is 0 Å². The third-order valence-corrected chi connectivity index (χ3v) is 3.11. The fourth-order valence-corrected chi connectivity index (χ4v) is 2.23. The molecule has 0 spiro atoms. The number of allylic oxidation sites excluding steroid dienone is 2. The third kappa shape index (κ3) is 2.68. The second-order valence-electron chi connectivity index (χ2n) is 3.97. The van der Waals surface area contributed by atoms with Crippen LogP contribution in [0.5, 0.6) is 0 Å². The van der Waals surface area contributed by atoms with Crippen LogP contribution in [0, 0.1) is 0 Å². The molecule has 1 fully saturated rings.